The monoisotopic (exact) mass is 239 g/mol. The average molecular weight is 239 g/mol. The second-order valence-electron chi connectivity index (χ2n) is 4.95. The van der Waals surface area contributed by atoms with Gasteiger partial charge in [0.25, 0.3) is 0 Å². The van der Waals surface area contributed by atoms with Crippen molar-refractivity contribution in [3.8, 4) is 0 Å². The van der Waals surface area contributed by atoms with E-state index in [-0.39, 0.29) is 0 Å². The van der Waals surface area contributed by atoms with E-state index >= 15 is 0 Å². The van der Waals surface area contributed by atoms with Crippen molar-refractivity contribution in [2.45, 2.75) is 43.8 Å². The molecule has 1 heterocycles. The van der Waals surface area contributed by atoms with Crippen LogP contribution in [0.25, 0.3) is 0 Å². The smallest absolute Gasteiger partial charge is 0.133 e. The van der Waals surface area contributed by atoms with Crippen molar-refractivity contribution < 1.29 is 14.6 Å². The van der Waals surface area contributed by atoms with Gasteiger partial charge in [0.2, 0.25) is 0 Å². The zero-order valence-corrected chi connectivity index (χ0v) is 10.1. The highest BCUT2D eigenvalue weighted by Gasteiger charge is 2.28. The maximum absolute atomic E-state index is 10.2. The summed E-state index contributed by atoms with van der Waals surface area (Å²) in [6.07, 6.45) is 6.04. The maximum atomic E-state index is 10.2. The number of hydrogen-bond donors (Lipinski definition) is 3. The van der Waals surface area contributed by atoms with Gasteiger partial charge in [-0.25, -0.2) is 0 Å². The van der Waals surface area contributed by atoms with Crippen LogP contribution in [0.3, 0.4) is 0 Å². The molecule has 1 aromatic heterocycles. The molecule has 96 valence electrons. The Bertz CT molecular complexity index is 317. The lowest BCUT2D eigenvalue weighted by molar-refractivity contribution is 0.00212. The van der Waals surface area contributed by atoms with Crippen LogP contribution < -0.4 is 5.32 Å². The number of rotatable bonds is 5. The molecule has 0 spiro atoms. The second kappa shape index (κ2) is 5.67. The number of aliphatic hydroxyl groups excluding tert-OH is 1. The quantitative estimate of drug-likeness (QED) is 0.730. The third-order valence-electron chi connectivity index (χ3n) is 3.45. The fraction of sp³-hybridized carbons (Fsp3) is 0.692. The Morgan fingerprint density at radius 3 is 2.76 bits per heavy atom. The molecule has 4 nitrogen and oxygen atoms in total. The topological polar surface area (TPSA) is 65.6 Å². The van der Waals surface area contributed by atoms with Crippen LogP contribution in [0.5, 0.6) is 0 Å². The molecule has 1 fully saturated rings. The molecule has 2 rings (SSSR count). The summed E-state index contributed by atoms with van der Waals surface area (Å²) in [6.45, 7) is 0.959. The van der Waals surface area contributed by atoms with Crippen molar-refractivity contribution in [3.05, 3.63) is 24.2 Å². The van der Waals surface area contributed by atoms with Gasteiger partial charge in [-0.05, 0) is 25.0 Å². The Balaban J connectivity index is 1.72. The lowest BCUT2D eigenvalue weighted by Crippen LogP contribution is -2.43. The average Bonchev–Trinajstić information content (AvgIpc) is 2.83. The normalized spacial score (nSPS) is 21.3. The van der Waals surface area contributed by atoms with Gasteiger partial charge in [-0.2, -0.15) is 0 Å². The van der Waals surface area contributed by atoms with Gasteiger partial charge in [0.05, 0.1) is 11.9 Å². The Morgan fingerprint density at radius 2 is 2.12 bits per heavy atom. The Labute approximate surface area is 102 Å². The predicted octanol–water partition coefficient (Wildman–Crippen LogP) is 1.60. The van der Waals surface area contributed by atoms with Crippen LogP contribution in [0, 0.1) is 0 Å². The maximum Gasteiger partial charge on any atom is 0.133 e. The van der Waals surface area contributed by atoms with E-state index in [1.54, 1.807) is 18.4 Å². The van der Waals surface area contributed by atoms with E-state index in [2.05, 4.69) is 5.32 Å². The Kier molecular flexibility index (Phi) is 4.20. The van der Waals surface area contributed by atoms with Crippen LogP contribution in [-0.2, 0) is 0 Å². The van der Waals surface area contributed by atoms with E-state index in [9.17, 15) is 10.2 Å². The fourth-order valence-electron chi connectivity index (χ4n) is 2.41. The SMILES string of the molecule is OC(CNCC1(O)CCCCC1)c1ccco1. The highest BCUT2D eigenvalue weighted by molar-refractivity contribution is 5.02. The summed E-state index contributed by atoms with van der Waals surface area (Å²) >= 11 is 0. The van der Waals surface area contributed by atoms with Crippen LogP contribution in [0.4, 0.5) is 0 Å². The minimum absolute atomic E-state index is 0.413. The van der Waals surface area contributed by atoms with E-state index in [1.807, 2.05) is 0 Å². The molecule has 1 aliphatic rings. The lowest BCUT2D eigenvalue weighted by atomic mass is 9.85. The van der Waals surface area contributed by atoms with E-state index in [0.29, 0.717) is 18.8 Å². The van der Waals surface area contributed by atoms with Gasteiger partial charge in [-0.15, -0.1) is 0 Å². The van der Waals surface area contributed by atoms with Crippen LogP contribution in [0.15, 0.2) is 22.8 Å². The highest BCUT2D eigenvalue weighted by atomic mass is 16.4. The molecule has 1 saturated carbocycles. The van der Waals surface area contributed by atoms with Crippen molar-refractivity contribution in [2.24, 2.45) is 0 Å². The molecule has 1 atom stereocenters. The number of furan rings is 1. The Hall–Kier alpha value is -0.840. The number of nitrogens with one attached hydrogen (secondary N) is 1. The first-order valence-corrected chi connectivity index (χ1v) is 6.34. The van der Waals surface area contributed by atoms with Crippen LogP contribution in [0.2, 0.25) is 0 Å². The molecule has 0 amide bonds. The van der Waals surface area contributed by atoms with Gasteiger partial charge in [0.15, 0.2) is 0 Å². The number of aliphatic hydroxyl groups is 2. The van der Waals surface area contributed by atoms with Gasteiger partial charge in [-0.1, -0.05) is 19.3 Å². The third kappa shape index (κ3) is 3.56. The molecule has 1 aliphatic carbocycles. The van der Waals surface area contributed by atoms with Crippen LogP contribution >= 0.6 is 0 Å². The molecule has 0 aromatic carbocycles. The molecule has 0 aliphatic heterocycles. The van der Waals surface area contributed by atoms with Gasteiger partial charge in [0, 0.05) is 13.1 Å². The summed E-state index contributed by atoms with van der Waals surface area (Å²) in [7, 11) is 0. The molecule has 17 heavy (non-hydrogen) atoms. The molecule has 4 heteroatoms. The molecule has 0 bridgehead atoms. The summed E-state index contributed by atoms with van der Waals surface area (Å²) in [5.41, 5.74) is -0.582. The minimum Gasteiger partial charge on any atom is -0.467 e. The molecular weight excluding hydrogens is 218 g/mol. The van der Waals surface area contributed by atoms with Gasteiger partial charge >= 0.3 is 0 Å². The molecule has 1 unspecified atom stereocenters. The zero-order chi connectivity index (χ0) is 12.1. The van der Waals surface area contributed by atoms with Crippen molar-refractivity contribution in [1.29, 1.82) is 0 Å². The van der Waals surface area contributed by atoms with Crippen molar-refractivity contribution in [3.63, 3.8) is 0 Å². The van der Waals surface area contributed by atoms with Crippen molar-refractivity contribution >= 4 is 0 Å². The van der Waals surface area contributed by atoms with Crippen LogP contribution in [0.1, 0.15) is 44.0 Å². The number of hydrogen-bond acceptors (Lipinski definition) is 4. The predicted molar refractivity (Wildman–Crippen MR) is 64.6 cm³/mol. The van der Waals surface area contributed by atoms with Crippen molar-refractivity contribution in [2.75, 3.05) is 13.1 Å². The van der Waals surface area contributed by atoms with Crippen molar-refractivity contribution in [1.82, 2.24) is 5.32 Å². The summed E-state index contributed by atoms with van der Waals surface area (Å²) in [5.74, 6) is 0.563. The summed E-state index contributed by atoms with van der Waals surface area (Å²) in [6, 6.07) is 3.51. The first kappa shape index (κ1) is 12.6. The van der Waals surface area contributed by atoms with E-state index in [1.165, 1.54) is 6.42 Å². The fourth-order valence-corrected chi connectivity index (χ4v) is 2.41. The van der Waals surface area contributed by atoms with E-state index in [0.717, 1.165) is 25.7 Å². The van der Waals surface area contributed by atoms with E-state index in [4.69, 9.17) is 4.42 Å². The standard InChI is InChI=1S/C13H21NO3/c15-11(12-5-4-8-17-12)9-14-10-13(16)6-2-1-3-7-13/h4-5,8,11,14-16H,1-3,6-7,9-10H2. The molecular formula is C13H21NO3. The largest absolute Gasteiger partial charge is 0.467 e. The third-order valence-corrected chi connectivity index (χ3v) is 3.45. The first-order valence-electron chi connectivity index (χ1n) is 6.34. The first-order chi connectivity index (χ1) is 8.20. The lowest BCUT2D eigenvalue weighted by Gasteiger charge is -2.32. The highest BCUT2D eigenvalue weighted by Crippen LogP contribution is 2.27. The molecule has 3 N–H and O–H groups in total. The zero-order valence-electron chi connectivity index (χ0n) is 10.1. The molecule has 0 radical (unpaired) electrons. The van der Waals surface area contributed by atoms with Crippen LogP contribution in [-0.4, -0.2) is 28.9 Å². The molecule has 0 saturated heterocycles. The Morgan fingerprint density at radius 1 is 1.35 bits per heavy atom. The van der Waals surface area contributed by atoms with E-state index < -0.39 is 11.7 Å². The van der Waals surface area contributed by atoms with Gasteiger partial charge in [0.1, 0.15) is 11.9 Å². The summed E-state index contributed by atoms with van der Waals surface area (Å²) in [4.78, 5) is 0. The second-order valence-corrected chi connectivity index (χ2v) is 4.95. The van der Waals surface area contributed by atoms with Gasteiger partial charge in [-0.3, -0.25) is 0 Å². The molecule has 1 aromatic rings. The summed E-state index contributed by atoms with van der Waals surface area (Å²) in [5, 5.41) is 23.2. The van der Waals surface area contributed by atoms with Gasteiger partial charge < -0.3 is 19.9 Å². The summed E-state index contributed by atoms with van der Waals surface area (Å²) < 4.78 is 5.11. The minimum atomic E-state index is -0.641.